The lowest BCUT2D eigenvalue weighted by atomic mass is 10.0. The van der Waals surface area contributed by atoms with E-state index in [1.165, 1.54) is 18.4 Å². The van der Waals surface area contributed by atoms with Crippen LogP contribution in [0, 0.1) is 5.92 Å². The van der Waals surface area contributed by atoms with Crippen LogP contribution in [-0.4, -0.2) is 26.9 Å². The van der Waals surface area contributed by atoms with E-state index in [1.54, 1.807) is 14.2 Å². The summed E-state index contributed by atoms with van der Waals surface area (Å²) >= 11 is 0. The fraction of sp³-hybridized carbons (Fsp3) is 0.600. The minimum absolute atomic E-state index is 0.378. The Morgan fingerprint density at radius 1 is 1.22 bits per heavy atom. The van der Waals surface area contributed by atoms with Gasteiger partial charge >= 0.3 is 0 Å². The van der Waals surface area contributed by atoms with E-state index in [1.807, 2.05) is 12.1 Å². The number of ether oxygens (including phenoxy) is 2. The van der Waals surface area contributed by atoms with Crippen LogP contribution in [0.25, 0.3) is 0 Å². The Labute approximate surface area is 109 Å². The van der Waals surface area contributed by atoms with Crippen molar-refractivity contribution >= 4 is 0 Å². The molecule has 1 aliphatic rings. The standard InChI is InChI=1S/C15H23NO2/c1-11(10-17-2)16-15(12-4-5-12)13-6-8-14(18-3)9-7-13/h6-9,11-12,15-16H,4-5,10H2,1-3H3. The third-order valence-corrected chi connectivity index (χ3v) is 3.45. The van der Waals surface area contributed by atoms with E-state index in [-0.39, 0.29) is 0 Å². The number of methoxy groups -OCH3 is 2. The first-order valence-electron chi connectivity index (χ1n) is 6.63. The maximum atomic E-state index is 5.20. The second kappa shape index (κ2) is 6.21. The predicted molar refractivity (Wildman–Crippen MR) is 72.9 cm³/mol. The second-order valence-corrected chi connectivity index (χ2v) is 5.11. The molecule has 1 aromatic rings. The van der Waals surface area contributed by atoms with Crippen molar-refractivity contribution in [2.45, 2.75) is 31.8 Å². The maximum Gasteiger partial charge on any atom is 0.118 e. The third-order valence-electron chi connectivity index (χ3n) is 3.45. The van der Waals surface area contributed by atoms with Gasteiger partial charge in [0.15, 0.2) is 0 Å². The SMILES string of the molecule is COCC(C)NC(c1ccc(OC)cc1)C1CC1. The largest absolute Gasteiger partial charge is 0.497 e. The van der Waals surface area contributed by atoms with E-state index in [0.717, 1.165) is 18.3 Å². The Kier molecular flexibility index (Phi) is 4.61. The first-order valence-corrected chi connectivity index (χ1v) is 6.63. The Bertz CT molecular complexity index is 359. The number of hydrogen-bond donors (Lipinski definition) is 1. The van der Waals surface area contributed by atoms with Crippen molar-refractivity contribution in [3.05, 3.63) is 29.8 Å². The molecule has 2 unspecified atom stereocenters. The van der Waals surface area contributed by atoms with Crippen LogP contribution in [0.4, 0.5) is 0 Å². The van der Waals surface area contributed by atoms with Gasteiger partial charge in [-0.1, -0.05) is 12.1 Å². The molecule has 1 aromatic carbocycles. The smallest absolute Gasteiger partial charge is 0.118 e. The van der Waals surface area contributed by atoms with Gasteiger partial charge in [-0.25, -0.2) is 0 Å². The molecule has 3 nitrogen and oxygen atoms in total. The number of benzene rings is 1. The quantitative estimate of drug-likeness (QED) is 0.806. The topological polar surface area (TPSA) is 30.5 Å². The van der Waals surface area contributed by atoms with Crippen molar-refractivity contribution in [3.8, 4) is 5.75 Å². The predicted octanol–water partition coefficient (Wildman–Crippen LogP) is 2.77. The third kappa shape index (κ3) is 3.47. The number of hydrogen-bond acceptors (Lipinski definition) is 3. The monoisotopic (exact) mass is 249 g/mol. The lowest BCUT2D eigenvalue weighted by molar-refractivity contribution is 0.164. The molecule has 1 saturated carbocycles. The Balaban J connectivity index is 2.04. The first-order chi connectivity index (χ1) is 8.74. The van der Waals surface area contributed by atoms with Crippen LogP contribution in [0.15, 0.2) is 24.3 Å². The summed E-state index contributed by atoms with van der Waals surface area (Å²) < 4.78 is 10.4. The summed E-state index contributed by atoms with van der Waals surface area (Å²) in [6, 6.07) is 9.22. The van der Waals surface area contributed by atoms with Gasteiger partial charge in [-0.3, -0.25) is 0 Å². The highest BCUT2D eigenvalue weighted by Gasteiger charge is 2.32. The van der Waals surface area contributed by atoms with Crippen LogP contribution >= 0.6 is 0 Å². The average Bonchev–Trinajstić information content (AvgIpc) is 3.21. The maximum absolute atomic E-state index is 5.20. The van der Waals surface area contributed by atoms with Gasteiger partial charge in [-0.05, 0) is 43.4 Å². The van der Waals surface area contributed by atoms with Crippen LogP contribution in [0.5, 0.6) is 5.75 Å². The summed E-state index contributed by atoms with van der Waals surface area (Å²) in [5.41, 5.74) is 1.35. The van der Waals surface area contributed by atoms with E-state index in [4.69, 9.17) is 9.47 Å². The molecular formula is C15H23NO2. The van der Waals surface area contributed by atoms with E-state index in [0.29, 0.717) is 12.1 Å². The molecule has 0 heterocycles. The molecule has 0 radical (unpaired) electrons. The Morgan fingerprint density at radius 2 is 1.89 bits per heavy atom. The van der Waals surface area contributed by atoms with Gasteiger partial charge in [0.25, 0.3) is 0 Å². The van der Waals surface area contributed by atoms with Crippen molar-refractivity contribution in [1.82, 2.24) is 5.32 Å². The molecule has 2 atom stereocenters. The van der Waals surface area contributed by atoms with Gasteiger partial charge < -0.3 is 14.8 Å². The molecule has 100 valence electrons. The summed E-state index contributed by atoms with van der Waals surface area (Å²) in [5, 5.41) is 3.67. The molecule has 0 saturated heterocycles. The summed E-state index contributed by atoms with van der Waals surface area (Å²) in [7, 11) is 3.45. The van der Waals surface area contributed by atoms with E-state index < -0.39 is 0 Å². The lowest BCUT2D eigenvalue weighted by Gasteiger charge is -2.23. The molecule has 2 rings (SSSR count). The van der Waals surface area contributed by atoms with Crippen LogP contribution in [0.2, 0.25) is 0 Å². The Hall–Kier alpha value is -1.06. The number of nitrogens with one attached hydrogen (secondary N) is 1. The van der Waals surface area contributed by atoms with E-state index >= 15 is 0 Å². The first kappa shape index (κ1) is 13.4. The highest BCUT2D eigenvalue weighted by atomic mass is 16.5. The highest BCUT2D eigenvalue weighted by molar-refractivity contribution is 5.30. The second-order valence-electron chi connectivity index (χ2n) is 5.11. The molecule has 18 heavy (non-hydrogen) atoms. The lowest BCUT2D eigenvalue weighted by Crippen LogP contribution is -2.34. The average molecular weight is 249 g/mol. The highest BCUT2D eigenvalue weighted by Crippen LogP contribution is 2.41. The minimum atomic E-state index is 0.378. The van der Waals surface area contributed by atoms with Crippen LogP contribution in [-0.2, 0) is 4.74 Å². The molecule has 0 aliphatic heterocycles. The zero-order valence-electron chi connectivity index (χ0n) is 11.5. The van der Waals surface area contributed by atoms with Gasteiger partial charge in [0, 0.05) is 19.2 Å². The molecule has 1 aliphatic carbocycles. The van der Waals surface area contributed by atoms with Crippen molar-refractivity contribution in [3.63, 3.8) is 0 Å². The van der Waals surface area contributed by atoms with Gasteiger partial charge in [-0.2, -0.15) is 0 Å². The Morgan fingerprint density at radius 3 is 2.39 bits per heavy atom. The molecule has 0 aromatic heterocycles. The van der Waals surface area contributed by atoms with Crippen molar-refractivity contribution in [1.29, 1.82) is 0 Å². The zero-order valence-corrected chi connectivity index (χ0v) is 11.5. The molecule has 0 spiro atoms. The van der Waals surface area contributed by atoms with Crippen molar-refractivity contribution in [2.75, 3.05) is 20.8 Å². The summed E-state index contributed by atoms with van der Waals surface area (Å²) in [6.07, 6.45) is 2.65. The van der Waals surface area contributed by atoms with Gasteiger partial charge in [-0.15, -0.1) is 0 Å². The minimum Gasteiger partial charge on any atom is -0.497 e. The normalized spacial score (nSPS) is 18.4. The fourth-order valence-corrected chi connectivity index (χ4v) is 2.35. The molecule has 3 heteroatoms. The molecule has 0 amide bonds. The van der Waals surface area contributed by atoms with E-state index in [9.17, 15) is 0 Å². The summed E-state index contributed by atoms with van der Waals surface area (Å²) in [4.78, 5) is 0. The van der Waals surface area contributed by atoms with Gasteiger partial charge in [0.05, 0.1) is 13.7 Å². The molecule has 0 bridgehead atoms. The molecule has 1 N–H and O–H groups in total. The van der Waals surface area contributed by atoms with Gasteiger partial charge in [0.1, 0.15) is 5.75 Å². The van der Waals surface area contributed by atoms with Crippen LogP contribution < -0.4 is 10.1 Å². The van der Waals surface area contributed by atoms with Crippen molar-refractivity contribution in [2.24, 2.45) is 5.92 Å². The van der Waals surface area contributed by atoms with Crippen LogP contribution in [0.1, 0.15) is 31.4 Å². The zero-order chi connectivity index (χ0) is 13.0. The summed E-state index contributed by atoms with van der Waals surface area (Å²) in [6.45, 7) is 2.92. The molecular weight excluding hydrogens is 226 g/mol. The summed E-state index contributed by atoms with van der Waals surface area (Å²) in [5.74, 6) is 1.69. The van der Waals surface area contributed by atoms with E-state index in [2.05, 4.69) is 24.4 Å². The van der Waals surface area contributed by atoms with Crippen LogP contribution in [0.3, 0.4) is 0 Å². The number of rotatable bonds is 7. The fourth-order valence-electron chi connectivity index (χ4n) is 2.35. The van der Waals surface area contributed by atoms with Gasteiger partial charge in [0.2, 0.25) is 0 Å². The van der Waals surface area contributed by atoms with Crippen molar-refractivity contribution < 1.29 is 9.47 Å². The molecule has 1 fully saturated rings.